The highest BCUT2D eigenvalue weighted by atomic mass is 16.3. The summed E-state index contributed by atoms with van der Waals surface area (Å²) in [5.74, 6) is 0.901. The zero-order chi connectivity index (χ0) is 14.8. The summed E-state index contributed by atoms with van der Waals surface area (Å²) in [6.45, 7) is 0.841. The molecule has 1 aromatic heterocycles. The van der Waals surface area contributed by atoms with Crippen molar-refractivity contribution in [3.05, 3.63) is 35.9 Å². The number of para-hydroxylation sites is 1. The number of aliphatic hydroxyl groups excluding tert-OH is 1. The molecule has 6 heteroatoms. The van der Waals surface area contributed by atoms with Gasteiger partial charge < -0.3 is 15.7 Å². The predicted octanol–water partition coefficient (Wildman–Crippen LogP) is 1.29. The van der Waals surface area contributed by atoms with Gasteiger partial charge in [-0.25, -0.2) is 4.68 Å². The maximum absolute atomic E-state index is 9.46. The van der Waals surface area contributed by atoms with E-state index in [1.54, 1.807) is 4.68 Å². The van der Waals surface area contributed by atoms with E-state index < -0.39 is 0 Å². The highest BCUT2D eigenvalue weighted by Crippen LogP contribution is 2.31. The maximum atomic E-state index is 9.46. The van der Waals surface area contributed by atoms with E-state index in [0.29, 0.717) is 17.2 Å². The summed E-state index contributed by atoms with van der Waals surface area (Å²) in [6, 6.07) is 11.6. The molecule has 6 nitrogen and oxygen atoms in total. The fourth-order valence-corrected chi connectivity index (χ4v) is 2.80. The summed E-state index contributed by atoms with van der Waals surface area (Å²) in [6.07, 6.45) is 1.88. The molecular formula is C15H17N5O. The third-order valence-corrected chi connectivity index (χ3v) is 3.88. The Balaban J connectivity index is 2.08. The van der Waals surface area contributed by atoms with Crippen LogP contribution < -0.4 is 10.6 Å². The van der Waals surface area contributed by atoms with Crippen LogP contribution in [0.25, 0.3) is 5.69 Å². The van der Waals surface area contributed by atoms with Gasteiger partial charge in [-0.1, -0.05) is 18.2 Å². The van der Waals surface area contributed by atoms with Crippen molar-refractivity contribution in [3.8, 4) is 11.8 Å². The van der Waals surface area contributed by atoms with Crippen LogP contribution in [0.1, 0.15) is 18.4 Å². The molecule has 2 heterocycles. The fourth-order valence-electron chi connectivity index (χ4n) is 2.80. The van der Waals surface area contributed by atoms with Crippen molar-refractivity contribution in [3.63, 3.8) is 0 Å². The Kier molecular flexibility index (Phi) is 3.50. The Labute approximate surface area is 123 Å². The van der Waals surface area contributed by atoms with Crippen LogP contribution in [0.2, 0.25) is 0 Å². The van der Waals surface area contributed by atoms with Gasteiger partial charge in [0.05, 0.1) is 18.3 Å². The molecular weight excluding hydrogens is 266 g/mol. The average molecular weight is 283 g/mol. The first-order chi connectivity index (χ1) is 10.3. The summed E-state index contributed by atoms with van der Waals surface area (Å²) in [5.41, 5.74) is 7.28. The quantitative estimate of drug-likeness (QED) is 0.885. The van der Waals surface area contributed by atoms with Gasteiger partial charge in [0.2, 0.25) is 0 Å². The molecule has 0 bridgehead atoms. The van der Waals surface area contributed by atoms with E-state index in [0.717, 1.165) is 25.1 Å². The number of nitrogen functional groups attached to an aromatic ring is 1. The number of nitrogens with zero attached hydrogens (tertiary/aromatic N) is 4. The molecule has 1 aromatic carbocycles. The number of benzene rings is 1. The Bertz CT molecular complexity index is 673. The number of aliphatic hydroxyl groups is 1. The second-order valence-electron chi connectivity index (χ2n) is 5.12. The average Bonchev–Trinajstić information content (AvgIpc) is 3.11. The molecule has 1 saturated heterocycles. The van der Waals surface area contributed by atoms with Gasteiger partial charge >= 0.3 is 0 Å². The first kappa shape index (κ1) is 13.5. The first-order valence-electron chi connectivity index (χ1n) is 6.97. The van der Waals surface area contributed by atoms with Crippen molar-refractivity contribution in [2.45, 2.75) is 18.9 Å². The Morgan fingerprint density at radius 3 is 2.81 bits per heavy atom. The minimum atomic E-state index is 0.00984. The van der Waals surface area contributed by atoms with Gasteiger partial charge in [-0.3, -0.25) is 0 Å². The van der Waals surface area contributed by atoms with Crippen LogP contribution in [-0.2, 0) is 0 Å². The second kappa shape index (κ2) is 5.46. The van der Waals surface area contributed by atoms with E-state index in [2.05, 4.69) is 11.2 Å². The number of aromatic nitrogens is 2. The second-order valence-corrected chi connectivity index (χ2v) is 5.12. The standard InChI is InChI=1S/C15H17N5O/c16-9-13-14(17)20(11-5-2-1-3-6-11)18-15(13)19-8-4-7-12(19)10-21/h1-3,5-6,12,21H,4,7-8,10,17H2. The van der Waals surface area contributed by atoms with Crippen molar-refractivity contribution in [2.75, 3.05) is 23.8 Å². The summed E-state index contributed by atoms with van der Waals surface area (Å²) < 4.78 is 1.58. The Morgan fingerprint density at radius 2 is 2.14 bits per heavy atom. The molecule has 1 fully saturated rings. The molecule has 3 rings (SSSR count). The molecule has 1 aliphatic rings. The van der Waals surface area contributed by atoms with E-state index >= 15 is 0 Å². The van der Waals surface area contributed by atoms with E-state index in [1.807, 2.05) is 35.2 Å². The molecule has 0 amide bonds. The molecule has 0 radical (unpaired) electrons. The van der Waals surface area contributed by atoms with Crippen molar-refractivity contribution in [1.82, 2.24) is 9.78 Å². The van der Waals surface area contributed by atoms with E-state index in [-0.39, 0.29) is 12.6 Å². The number of hydrogen-bond donors (Lipinski definition) is 2. The normalized spacial score (nSPS) is 17.9. The zero-order valence-electron chi connectivity index (χ0n) is 11.6. The molecule has 0 spiro atoms. The first-order valence-corrected chi connectivity index (χ1v) is 6.97. The molecule has 0 aliphatic carbocycles. The van der Waals surface area contributed by atoms with Crippen LogP contribution in [0.3, 0.4) is 0 Å². The van der Waals surface area contributed by atoms with Crippen LogP contribution in [0.5, 0.6) is 0 Å². The van der Waals surface area contributed by atoms with E-state index in [4.69, 9.17) is 5.73 Å². The van der Waals surface area contributed by atoms with E-state index in [1.165, 1.54) is 0 Å². The smallest absolute Gasteiger partial charge is 0.171 e. The fraction of sp³-hybridized carbons (Fsp3) is 0.333. The van der Waals surface area contributed by atoms with Gasteiger partial charge in [-0.05, 0) is 25.0 Å². The maximum Gasteiger partial charge on any atom is 0.171 e. The van der Waals surface area contributed by atoms with Crippen LogP contribution in [0.15, 0.2) is 30.3 Å². The minimum Gasteiger partial charge on any atom is -0.394 e. The summed E-state index contributed by atoms with van der Waals surface area (Å²) in [4.78, 5) is 1.98. The third-order valence-electron chi connectivity index (χ3n) is 3.88. The third kappa shape index (κ3) is 2.22. The molecule has 1 atom stereocenters. The number of anilines is 2. The van der Waals surface area contributed by atoms with Crippen LogP contribution in [0.4, 0.5) is 11.6 Å². The molecule has 3 N–H and O–H groups in total. The molecule has 0 saturated carbocycles. The summed E-state index contributed by atoms with van der Waals surface area (Å²) in [7, 11) is 0. The van der Waals surface area contributed by atoms with Gasteiger partial charge in [0.25, 0.3) is 0 Å². The van der Waals surface area contributed by atoms with Crippen molar-refractivity contribution in [2.24, 2.45) is 0 Å². The lowest BCUT2D eigenvalue weighted by Gasteiger charge is -2.22. The minimum absolute atomic E-state index is 0.00984. The predicted molar refractivity (Wildman–Crippen MR) is 80.1 cm³/mol. The zero-order valence-corrected chi connectivity index (χ0v) is 11.6. The highest BCUT2D eigenvalue weighted by Gasteiger charge is 2.30. The lowest BCUT2D eigenvalue weighted by atomic mass is 10.2. The molecule has 1 unspecified atom stereocenters. The van der Waals surface area contributed by atoms with Crippen LogP contribution in [-0.4, -0.2) is 34.1 Å². The monoisotopic (exact) mass is 283 g/mol. The highest BCUT2D eigenvalue weighted by molar-refractivity contribution is 5.67. The Morgan fingerprint density at radius 1 is 1.38 bits per heavy atom. The van der Waals surface area contributed by atoms with Gasteiger partial charge in [-0.2, -0.15) is 5.26 Å². The molecule has 2 aromatic rings. The summed E-state index contributed by atoms with van der Waals surface area (Å²) >= 11 is 0. The number of hydrogen-bond acceptors (Lipinski definition) is 5. The van der Waals surface area contributed by atoms with Crippen molar-refractivity contribution in [1.29, 1.82) is 5.26 Å². The topological polar surface area (TPSA) is 91.1 Å². The Hall–Kier alpha value is -2.52. The molecule has 21 heavy (non-hydrogen) atoms. The number of nitrogens with two attached hydrogens (primary N) is 1. The van der Waals surface area contributed by atoms with Gasteiger partial charge in [-0.15, -0.1) is 5.10 Å². The van der Waals surface area contributed by atoms with Gasteiger partial charge in [0.1, 0.15) is 17.5 Å². The largest absolute Gasteiger partial charge is 0.394 e. The van der Waals surface area contributed by atoms with Gasteiger partial charge in [0.15, 0.2) is 5.82 Å². The number of rotatable bonds is 3. The summed E-state index contributed by atoms with van der Waals surface area (Å²) in [5, 5.41) is 23.4. The lowest BCUT2D eigenvalue weighted by molar-refractivity contribution is 0.266. The number of nitriles is 1. The van der Waals surface area contributed by atoms with Crippen LogP contribution >= 0.6 is 0 Å². The van der Waals surface area contributed by atoms with Crippen molar-refractivity contribution < 1.29 is 5.11 Å². The molecule has 108 valence electrons. The molecule has 1 aliphatic heterocycles. The van der Waals surface area contributed by atoms with E-state index in [9.17, 15) is 10.4 Å². The lowest BCUT2D eigenvalue weighted by Crippen LogP contribution is -2.33. The van der Waals surface area contributed by atoms with Crippen molar-refractivity contribution >= 4 is 11.6 Å². The van der Waals surface area contributed by atoms with Gasteiger partial charge in [0, 0.05) is 6.54 Å². The van der Waals surface area contributed by atoms with Crippen LogP contribution in [0, 0.1) is 11.3 Å². The SMILES string of the molecule is N#Cc1c(N2CCCC2CO)nn(-c2ccccc2)c1N.